The molecule has 0 saturated carbocycles. The van der Waals surface area contributed by atoms with E-state index in [1.165, 1.54) is 22.3 Å². The first kappa shape index (κ1) is 21.9. The normalized spacial score (nSPS) is 16.7. The standard InChI is InChI=1S/C26H36O3/c1-5-23-17-21(12-13-22-18-28-26(3,4)29-19-22)14-15-25(23)27-16-8-11-24-10-7-6-9-20(24)2/h6-7,9-10,14-15,17,22H,5,8,11-13,16,18-19H2,1-4H3. The average Bonchev–Trinajstić information content (AvgIpc) is 2.72. The Kier molecular flexibility index (Phi) is 7.74. The van der Waals surface area contributed by atoms with Gasteiger partial charge in [0.1, 0.15) is 5.75 Å². The zero-order chi connectivity index (χ0) is 20.7. The van der Waals surface area contributed by atoms with Gasteiger partial charge in [0, 0.05) is 5.92 Å². The quantitative estimate of drug-likeness (QED) is 0.494. The highest BCUT2D eigenvalue weighted by molar-refractivity contribution is 5.37. The first-order valence-electron chi connectivity index (χ1n) is 11.0. The third-order valence-corrected chi connectivity index (χ3v) is 5.79. The summed E-state index contributed by atoms with van der Waals surface area (Å²) < 4.78 is 17.7. The molecule has 1 aliphatic heterocycles. The topological polar surface area (TPSA) is 27.7 Å². The summed E-state index contributed by atoms with van der Waals surface area (Å²) in [4.78, 5) is 0. The van der Waals surface area contributed by atoms with Gasteiger partial charge in [-0.1, -0.05) is 43.3 Å². The van der Waals surface area contributed by atoms with E-state index in [0.717, 1.165) is 57.7 Å². The highest BCUT2D eigenvalue weighted by Crippen LogP contribution is 2.26. The second-order valence-corrected chi connectivity index (χ2v) is 8.60. The molecule has 29 heavy (non-hydrogen) atoms. The van der Waals surface area contributed by atoms with Crippen molar-refractivity contribution >= 4 is 0 Å². The van der Waals surface area contributed by atoms with Gasteiger partial charge in [0.25, 0.3) is 0 Å². The molecule has 1 saturated heterocycles. The van der Waals surface area contributed by atoms with Crippen molar-refractivity contribution in [3.05, 3.63) is 64.7 Å². The molecule has 3 heteroatoms. The fourth-order valence-corrected chi connectivity index (χ4v) is 3.81. The van der Waals surface area contributed by atoms with E-state index in [0.29, 0.717) is 5.92 Å². The Bertz CT molecular complexity index is 771. The molecule has 0 radical (unpaired) electrons. The molecule has 0 atom stereocenters. The summed E-state index contributed by atoms with van der Waals surface area (Å²) in [6, 6.07) is 15.3. The first-order chi connectivity index (χ1) is 14.0. The molecular formula is C26H36O3. The number of rotatable bonds is 9. The van der Waals surface area contributed by atoms with Gasteiger partial charge < -0.3 is 14.2 Å². The van der Waals surface area contributed by atoms with Crippen LogP contribution in [-0.4, -0.2) is 25.6 Å². The third kappa shape index (κ3) is 6.58. The minimum atomic E-state index is -0.427. The molecule has 0 aliphatic carbocycles. The molecule has 3 nitrogen and oxygen atoms in total. The predicted octanol–water partition coefficient (Wildman–Crippen LogP) is 5.90. The van der Waals surface area contributed by atoms with Crippen LogP contribution in [0.5, 0.6) is 5.75 Å². The summed E-state index contributed by atoms with van der Waals surface area (Å²) in [6.45, 7) is 10.7. The zero-order valence-electron chi connectivity index (χ0n) is 18.5. The van der Waals surface area contributed by atoms with Gasteiger partial charge in [-0.15, -0.1) is 0 Å². The Balaban J connectivity index is 1.46. The van der Waals surface area contributed by atoms with Crippen LogP contribution in [0.3, 0.4) is 0 Å². The van der Waals surface area contributed by atoms with E-state index in [1.807, 2.05) is 13.8 Å². The summed E-state index contributed by atoms with van der Waals surface area (Å²) in [6.07, 6.45) is 5.24. The number of hydrogen-bond acceptors (Lipinski definition) is 3. The maximum absolute atomic E-state index is 6.12. The van der Waals surface area contributed by atoms with Gasteiger partial charge in [-0.2, -0.15) is 0 Å². The van der Waals surface area contributed by atoms with Gasteiger partial charge in [-0.05, 0) is 81.2 Å². The molecule has 2 aromatic rings. The summed E-state index contributed by atoms with van der Waals surface area (Å²) in [5.41, 5.74) is 5.46. The van der Waals surface area contributed by atoms with E-state index in [4.69, 9.17) is 14.2 Å². The average molecular weight is 397 g/mol. The molecule has 0 amide bonds. The monoisotopic (exact) mass is 396 g/mol. The highest BCUT2D eigenvalue weighted by Gasteiger charge is 2.27. The maximum Gasteiger partial charge on any atom is 0.162 e. The van der Waals surface area contributed by atoms with Crippen LogP contribution >= 0.6 is 0 Å². The SMILES string of the molecule is CCc1cc(CCC2COC(C)(C)OC2)ccc1OCCCc1ccccc1C. The van der Waals surface area contributed by atoms with Crippen molar-refractivity contribution in [1.29, 1.82) is 0 Å². The van der Waals surface area contributed by atoms with Crippen LogP contribution in [0.1, 0.15) is 55.9 Å². The van der Waals surface area contributed by atoms with E-state index in [9.17, 15) is 0 Å². The molecule has 3 rings (SSSR count). The van der Waals surface area contributed by atoms with Crippen LogP contribution < -0.4 is 4.74 Å². The van der Waals surface area contributed by atoms with Crippen LogP contribution in [0.4, 0.5) is 0 Å². The minimum Gasteiger partial charge on any atom is -0.493 e. The first-order valence-corrected chi connectivity index (χ1v) is 11.0. The molecule has 1 heterocycles. The third-order valence-electron chi connectivity index (χ3n) is 5.79. The summed E-state index contributed by atoms with van der Waals surface area (Å²) in [7, 11) is 0. The fraction of sp³-hybridized carbons (Fsp3) is 0.538. The number of ether oxygens (including phenoxy) is 3. The van der Waals surface area contributed by atoms with Crippen molar-refractivity contribution in [2.45, 2.75) is 65.6 Å². The van der Waals surface area contributed by atoms with Crippen molar-refractivity contribution in [3.63, 3.8) is 0 Å². The van der Waals surface area contributed by atoms with Gasteiger partial charge in [-0.25, -0.2) is 0 Å². The highest BCUT2D eigenvalue weighted by atomic mass is 16.7. The van der Waals surface area contributed by atoms with Crippen LogP contribution in [0, 0.1) is 12.8 Å². The smallest absolute Gasteiger partial charge is 0.162 e. The van der Waals surface area contributed by atoms with Gasteiger partial charge in [-0.3, -0.25) is 0 Å². The van der Waals surface area contributed by atoms with Crippen molar-refractivity contribution in [1.82, 2.24) is 0 Å². The second-order valence-electron chi connectivity index (χ2n) is 8.60. The summed E-state index contributed by atoms with van der Waals surface area (Å²) in [5.74, 6) is 1.09. The molecule has 0 N–H and O–H groups in total. The molecular weight excluding hydrogens is 360 g/mol. The van der Waals surface area contributed by atoms with Crippen LogP contribution in [-0.2, 0) is 28.7 Å². The number of aryl methyl sites for hydroxylation is 4. The lowest BCUT2D eigenvalue weighted by Crippen LogP contribution is -2.39. The van der Waals surface area contributed by atoms with E-state index in [1.54, 1.807) is 0 Å². The molecule has 158 valence electrons. The maximum atomic E-state index is 6.12. The van der Waals surface area contributed by atoms with Crippen LogP contribution in [0.25, 0.3) is 0 Å². The van der Waals surface area contributed by atoms with E-state index < -0.39 is 5.79 Å². The van der Waals surface area contributed by atoms with E-state index in [-0.39, 0.29) is 0 Å². The van der Waals surface area contributed by atoms with Gasteiger partial charge in [0.15, 0.2) is 5.79 Å². The van der Waals surface area contributed by atoms with Crippen molar-refractivity contribution in [2.24, 2.45) is 5.92 Å². The molecule has 0 unspecified atom stereocenters. The van der Waals surface area contributed by atoms with E-state index in [2.05, 4.69) is 56.3 Å². The molecule has 2 aromatic carbocycles. The Morgan fingerprint density at radius 2 is 1.76 bits per heavy atom. The Morgan fingerprint density at radius 1 is 1.00 bits per heavy atom. The Morgan fingerprint density at radius 3 is 2.48 bits per heavy atom. The Labute approximate surface area is 176 Å². The Hall–Kier alpha value is -1.84. The summed E-state index contributed by atoms with van der Waals surface area (Å²) >= 11 is 0. The predicted molar refractivity (Wildman–Crippen MR) is 119 cm³/mol. The van der Waals surface area contributed by atoms with Crippen molar-refractivity contribution in [2.75, 3.05) is 19.8 Å². The minimum absolute atomic E-state index is 0.427. The van der Waals surface area contributed by atoms with Crippen molar-refractivity contribution < 1.29 is 14.2 Å². The van der Waals surface area contributed by atoms with Gasteiger partial charge in [0.05, 0.1) is 19.8 Å². The lowest BCUT2D eigenvalue weighted by atomic mass is 9.98. The molecule has 0 spiro atoms. The fourth-order valence-electron chi connectivity index (χ4n) is 3.81. The van der Waals surface area contributed by atoms with E-state index >= 15 is 0 Å². The van der Waals surface area contributed by atoms with Gasteiger partial charge >= 0.3 is 0 Å². The molecule has 1 fully saturated rings. The van der Waals surface area contributed by atoms with Crippen molar-refractivity contribution in [3.8, 4) is 5.75 Å². The van der Waals surface area contributed by atoms with Gasteiger partial charge in [0.2, 0.25) is 0 Å². The number of hydrogen-bond donors (Lipinski definition) is 0. The molecule has 0 bridgehead atoms. The van der Waals surface area contributed by atoms with Crippen LogP contribution in [0.2, 0.25) is 0 Å². The summed E-state index contributed by atoms with van der Waals surface area (Å²) in [5, 5.41) is 0. The molecule has 0 aromatic heterocycles. The van der Waals surface area contributed by atoms with Crippen LogP contribution in [0.15, 0.2) is 42.5 Å². The second kappa shape index (κ2) is 10.3. The lowest BCUT2D eigenvalue weighted by molar-refractivity contribution is -0.262. The largest absolute Gasteiger partial charge is 0.493 e. The zero-order valence-corrected chi connectivity index (χ0v) is 18.5. The lowest BCUT2D eigenvalue weighted by Gasteiger charge is -2.35. The number of benzene rings is 2. The molecule has 1 aliphatic rings.